The van der Waals surface area contributed by atoms with Gasteiger partial charge in [-0.05, 0) is 54.7 Å². The van der Waals surface area contributed by atoms with Gasteiger partial charge in [0, 0.05) is 24.2 Å². The molecule has 0 aromatic heterocycles. The molecule has 3 aromatic carbocycles. The Kier molecular flexibility index (Phi) is 9.48. The Morgan fingerprint density at radius 1 is 0.788 bits per heavy atom. The molecule has 0 aliphatic heterocycles. The average molecular weight is 446 g/mol. The van der Waals surface area contributed by atoms with Gasteiger partial charge in [-0.3, -0.25) is 9.59 Å². The molecule has 0 heterocycles. The Balaban J connectivity index is 1.50. The quantitative estimate of drug-likeness (QED) is 0.201. The molecule has 1 atom stereocenters. The Labute approximate surface area is 195 Å². The number of rotatable bonds is 12. The molecule has 6 heteroatoms. The van der Waals surface area contributed by atoms with Gasteiger partial charge in [0.25, 0.3) is 0 Å². The average Bonchev–Trinajstić information content (AvgIpc) is 2.86. The molecule has 0 aliphatic rings. The Hall–Kier alpha value is -3.64. The van der Waals surface area contributed by atoms with Crippen LogP contribution in [0.5, 0.6) is 0 Å². The molecule has 0 saturated heterocycles. The predicted octanol–water partition coefficient (Wildman–Crippen LogP) is 5.26. The van der Waals surface area contributed by atoms with Crippen LogP contribution in [-0.2, 0) is 20.7 Å². The van der Waals surface area contributed by atoms with E-state index in [4.69, 9.17) is 0 Å². The normalized spacial score (nSPS) is 11.4. The fourth-order valence-corrected chi connectivity index (χ4v) is 3.48. The first kappa shape index (κ1) is 24.0. The molecule has 0 saturated carbocycles. The van der Waals surface area contributed by atoms with E-state index < -0.39 is 0 Å². The van der Waals surface area contributed by atoms with E-state index in [-0.39, 0.29) is 17.9 Å². The van der Waals surface area contributed by atoms with Gasteiger partial charge in [-0.15, -0.1) is 0 Å². The largest absolute Gasteiger partial charge is 0.469 e. The van der Waals surface area contributed by atoms with Crippen LogP contribution in [0.25, 0.3) is 0 Å². The third-order valence-corrected chi connectivity index (χ3v) is 5.31. The number of methoxy groups -OCH3 is 1. The zero-order valence-corrected chi connectivity index (χ0v) is 18.9. The molecular formula is C27H31N3O3. The molecule has 0 fully saturated rings. The van der Waals surface area contributed by atoms with Crippen molar-refractivity contribution in [3.63, 3.8) is 0 Å². The first-order chi connectivity index (χ1) is 16.1. The third kappa shape index (κ3) is 8.43. The minimum atomic E-state index is -0.245. The van der Waals surface area contributed by atoms with Crippen LogP contribution in [0.15, 0.2) is 84.9 Å². The second kappa shape index (κ2) is 13.0. The summed E-state index contributed by atoms with van der Waals surface area (Å²) in [5.74, 6) is -0.309. The van der Waals surface area contributed by atoms with Gasteiger partial charge in [-0.2, -0.15) is 0 Å². The van der Waals surface area contributed by atoms with E-state index in [1.165, 1.54) is 18.2 Å². The van der Waals surface area contributed by atoms with Crippen LogP contribution in [-0.4, -0.2) is 19.0 Å². The van der Waals surface area contributed by atoms with E-state index in [1.54, 1.807) is 0 Å². The third-order valence-electron chi connectivity index (χ3n) is 5.31. The summed E-state index contributed by atoms with van der Waals surface area (Å²) in [5.41, 5.74) is 10.8. The van der Waals surface area contributed by atoms with Crippen LogP contribution in [0.1, 0.15) is 42.9 Å². The first-order valence-electron chi connectivity index (χ1n) is 11.2. The van der Waals surface area contributed by atoms with E-state index in [0.29, 0.717) is 25.7 Å². The van der Waals surface area contributed by atoms with Crippen LogP contribution in [0.2, 0.25) is 0 Å². The molecule has 6 nitrogen and oxygen atoms in total. The van der Waals surface area contributed by atoms with Crippen LogP contribution in [0, 0.1) is 0 Å². The number of ether oxygens (including phenoxy) is 1. The molecule has 33 heavy (non-hydrogen) atoms. The van der Waals surface area contributed by atoms with E-state index in [9.17, 15) is 9.59 Å². The summed E-state index contributed by atoms with van der Waals surface area (Å²) in [6.45, 7) is 0. The zero-order chi connectivity index (χ0) is 23.3. The fraction of sp³-hybridized carbons (Fsp3) is 0.259. The van der Waals surface area contributed by atoms with E-state index in [0.717, 1.165) is 17.8 Å². The highest BCUT2D eigenvalue weighted by molar-refractivity contribution is 5.90. The lowest BCUT2D eigenvalue weighted by molar-refractivity contribution is -0.140. The Morgan fingerprint density at radius 2 is 1.39 bits per heavy atom. The summed E-state index contributed by atoms with van der Waals surface area (Å²) < 4.78 is 4.60. The number of anilines is 2. The van der Waals surface area contributed by atoms with Crippen molar-refractivity contribution in [2.45, 2.75) is 38.1 Å². The molecule has 3 aromatic rings. The van der Waals surface area contributed by atoms with Gasteiger partial charge < -0.3 is 15.5 Å². The standard InChI is InChI=1S/C27H31N3O3/c1-33-27(32)15-9-8-14-26(31)28-23-16-18-24(19-17-23)29-30-25(22-12-6-3-7-13-22)20-21-10-4-2-5-11-21/h2-7,10-13,16-19,25,29-30H,8-9,14-15,20H2,1H3,(H,28,31). The van der Waals surface area contributed by atoms with Gasteiger partial charge in [0.05, 0.1) is 13.2 Å². The monoisotopic (exact) mass is 445 g/mol. The SMILES string of the molecule is COC(=O)CCCCC(=O)Nc1ccc(NNC(Cc2ccccc2)c2ccccc2)cc1. The highest BCUT2D eigenvalue weighted by atomic mass is 16.5. The molecule has 172 valence electrons. The highest BCUT2D eigenvalue weighted by Crippen LogP contribution is 2.20. The van der Waals surface area contributed by atoms with Gasteiger partial charge >= 0.3 is 5.97 Å². The summed E-state index contributed by atoms with van der Waals surface area (Å²) >= 11 is 0. The van der Waals surface area contributed by atoms with E-state index in [2.05, 4.69) is 57.3 Å². The number of esters is 1. The van der Waals surface area contributed by atoms with Crippen LogP contribution >= 0.6 is 0 Å². The van der Waals surface area contributed by atoms with E-state index >= 15 is 0 Å². The summed E-state index contributed by atoms with van der Waals surface area (Å²) in [5, 5.41) is 2.89. The first-order valence-corrected chi connectivity index (χ1v) is 11.2. The van der Waals surface area contributed by atoms with E-state index in [1.807, 2.05) is 48.5 Å². The van der Waals surface area contributed by atoms with Gasteiger partial charge in [0.15, 0.2) is 0 Å². The highest BCUT2D eigenvalue weighted by Gasteiger charge is 2.12. The number of unbranched alkanes of at least 4 members (excludes halogenated alkanes) is 1. The van der Waals surface area contributed by atoms with Gasteiger partial charge in [-0.25, -0.2) is 5.43 Å². The van der Waals surface area contributed by atoms with Crippen molar-refractivity contribution in [1.29, 1.82) is 0 Å². The van der Waals surface area contributed by atoms with Crippen molar-refractivity contribution in [3.8, 4) is 0 Å². The molecule has 0 spiro atoms. The van der Waals surface area contributed by atoms with Gasteiger partial charge in [0.1, 0.15) is 0 Å². The smallest absolute Gasteiger partial charge is 0.305 e. The van der Waals surface area contributed by atoms with Crippen molar-refractivity contribution in [1.82, 2.24) is 5.43 Å². The molecule has 0 radical (unpaired) electrons. The number of carbonyl (C=O) groups excluding carboxylic acids is 2. The number of hydrazine groups is 1. The fourth-order valence-electron chi connectivity index (χ4n) is 3.48. The maximum absolute atomic E-state index is 12.1. The summed E-state index contributed by atoms with van der Waals surface area (Å²) in [6, 6.07) is 28.4. The maximum Gasteiger partial charge on any atom is 0.305 e. The zero-order valence-electron chi connectivity index (χ0n) is 18.9. The molecule has 1 amide bonds. The molecule has 1 unspecified atom stereocenters. The van der Waals surface area contributed by atoms with Crippen molar-refractivity contribution in [2.24, 2.45) is 0 Å². The number of hydrogen-bond acceptors (Lipinski definition) is 5. The maximum atomic E-state index is 12.1. The van der Waals surface area contributed by atoms with Crippen molar-refractivity contribution >= 4 is 23.3 Å². The minimum absolute atomic E-state index is 0.0642. The molecular weight excluding hydrogens is 414 g/mol. The topological polar surface area (TPSA) is 79.5 Å². The van der Waals surface area contributed by atoms with Crippen molar-refractivity contribution in [3.05, 3.63) is 96.1 Å². The number of nitrogens with one attached hydrogen (secondary N) is 3. The number of amides is 1. The lowest BCUT2D eigenvalue weighted by Gasteiger charge is -2.21. The lowest BCUT2D eigenvalue weighted by Crippen LogP contribution is -2.29. The Morgan fingerprint density at radius 3 is 2.06 bits per heavy atom. The van der Waals surface area contributed by atoms with Crippen molar-refractivity contribution < 1.29 is 14.3 Å². The lowest BCUT2D eigenvalue weighted by atomic mass is 9.99. The second-order valence-corrected chi connectivity index (χ2v) is 7.83. The van der Waals surface area contributed by atoms with Crippen LogP contribution < -0.4 is 16.2 Å². The van der Waals surface area contributed by atoms with Gasteiger partial charge in [0.2, 0.25) is 5.91 Å². The molecule has 3 rings (SSSR count). The summed E-state index contributed by atoms with van der Waals surface area (Å²) in [7, 11) is 1.37. The number of hydrogen-bond donors (Lipinski definition) is 3. The predicted molar refractivity (Wildman–Crippen MR) is 132 cm³/mol. The minimum Gasteiger partial charge on any atom is -0.469 e. The summed E-state index contributed by atoms with van der Waals surface area (Å²) in [6.07, 6.45) is 2.84. The molecule has 0 bridgehead atoms. The van der Waals surface area contributed by atoms with Crippen LogP contribution in [0.3, 0.4) is 0 Å². The number of carbonyl (C=O) groups is 2. The molecule has 3 N–H and O–H groups in total. The van der Waals surface area contributed by atoms with Gasteiger partial charge in [-0.1, -0.05) is 60.7 Å². The second-order valence-electron chi connectivity index (χ2n) is 7.83. The van der Waals surface area contributed by atoms with Crippen LogP contribution in [0.4, 0.5) is 11.4 Å². The Bertz CT molecular complexity index is 992. The van der Waals surface area contributed by atoms with Crippen molar-refractivity contribution in [2.75, 3.05) is 17.9 Å². The molecule has 0 aliphatic carbocycles. The summed E-state index contributed by atoms with van der Waals surface area (Å²) in [4.78, 5) is 23.2. The number of benzene rings is 3.